The van der Waals surface area contributed by atoms with Gasteiger partial charge >= 0.3 is 0 Å². The standard InChI is InChI=1S/C16H23NO2S/c1-19-13-16(8-5-9-16)15(18)17-10-11-20-12-14-6-3-2-4-7-14/h2-4,6-7H,5,8-13H2,1H3,(H,17,18). The van der Waals surface area contributed by atoms with Crippen LogP contribution in [0.4, 0.5) is 0 Å². The Morgan fingerprint density at radius 2 is 2.10 bits per heavy atom. The molecule has 0 atom stereocenters. The van der Waals surface area contributed by atoms with E-state index in [4.69, 9.17) is 4.74 Å². The Kier molecular flexibility index (Phi) is 5.92. The number of ether oxygens (including phenoxy) is 1. The van der Waals surface area contributed by atoms with Crippen LogP contribution in [0, 0.1) is 5.41 Å². The summed E-state index contributed by atoms with van der Waals surface area (Å²) in [6, 6.07) is 10.4. The number of carbonyl (C=O) groups is 1. The molecule has 1 aromatic carbocycles. The van der Waals surface area contributed by atoms with Crippen molar-refractivity contribution in [2.75, 3.05) is 26.0 Å². The molecule has 0 radical (unpaired) electrons. The first-order valence-corrected chi connectivity index (χ1v) is 8.31. The molecule has 0 aromatic heterocycles. The second-order valence-corrected chi connectivity index (χ2v) is 6.47. The van der Waals surface area contributed by atoms with Gasteiger partial charge in [0.05, 0.1) is 12.0 Å². The lowest BCUT2D eigenvalue weighted by molar-refractivity contribution is -0.140. The first-order chi connectivity index (χ1) is 9.77. The minimum atomic E-state index is -0.237. The molecule has 1 aromatic rings. The Morgan fingerprint density at radius 1 is 1.35 bits per heavy atom. The molecule has 1 saturated carbocycles. The molecule has 4 heteroatoms. The normalized spacial score (nSPS) is 16.4. The number of carbonyl (C=O) groups excluding carboxylic acids is 1. The molecule has 1 aliphatic carbocycles. The van der Waals surface area contributed by atoms with E-state index < -0.39 is 0 Å². The van der Waals surface area contributed by atoms with Crippen LogP contribution in [-0.4, -0.2) is 31.9 Å². The molecule has 0 heterocycles. The van der Waals surface area contributed by atoms with Gasteiger partial charge in [0.1, 0.15) is 0 Å². The average molecular weight is 293 g/mol. The van der Waals surface area contributed by atoms with E-state index in [0.29, 0.717) is 6.61 Å². The number of thioether (sulfide) groups is 1. The summed E-state index contributed by atoms with van der Waals surface area (Å²) in [4.78, 5) is 12.2. The third-order valence-corrected chi connectivity index (χ3v) is 4.89. The van der Waals surface area contributed by atoms with Crippen molar-refractivity contribution in [3.8, 4) is 0 Å². The number of benzene rings is 1. The van der Waals surface area contributed by atoms with Crippen molar-refractivity contribution in [3.63, 3.8) is 0 Å². The summed E-state index contributed by atoms with van der Waals surface area (Å²) in [5.74, 6) is 2.12. The van der Waals surface area contributed by atoms with Gasteiger partial charge in [0.15, 0.2) is 0 Å². The first kappa shape index (κ1) is 15.4. The maximum Gasteiger partial charge on any atom is 0.228 e. The lowest BCUT2D eigenvalue weighted by Crippen LogP contribution is -2.49. The van der Waals surface area contributed by atoms with Crippen molar-refractivity contribution < 1.29 is 9.53 Å². The Hall–Kier alpha value is -1.00. The first-order valence-electron chi connectivity index (χ1n) is 7.16. The van der Waals surface area contributed by atoms with Crippen LogP contribution in [0.25, 0.3) is 0 Å². The summed E-state index contributed by atoms with van der Waals surface area (Å²) in [7, 11) is 1.67. The summed E-state index contributed by atoms with van der Waals surface area (Å²) in [5.41, 5.74) is 1.09. The number of amides is 1. The van der Waals surface area contributed by atoms with E-state index in [1.54, 1.807) is 7.11 Å². The minimum absolute atomic E-state index is 0.172. The molecular weight excluding hydrogens is 270 g/mol. The molecular formula is C16H23NO2S. The van der Waals surface area contributed by atoms with Crippen LogP contribution in [0.2, 0.25) is 0 Å². The van der Waals surface area contributed by atoms with Crippen LogP contribution in [0.5, 0.6) is 0 Å². The van der Waals surface area contributed by atoms with E-state index in [9.17, 15) is 4.79 Å². The molecule has 20 heavy (non-hydrogen) atoms. The highest BCUT2D eigenvalue weighted by Gasteiger charge is 2.43. The second kappa shape index (κ2) is 7.70. The van der Waals surface area contributed by atoms with Gasteiger partial charge in [-0.05, 0) is 18.4 Å². The van der Waals surface area contributed by atoms with E-state index in [1.807, 2.05) is 17.8 Å². The maximum absolute atomic E-state index is 12.2. The van der Waals surface area contributed by atoms with Gasteiger partial charge in [-0.2, -0.15) is 11.8 Å². The smallest absolute Gasteiger partial charge is 0.228 e. The zero-order chi connectivity index (χ0) is 14.3. The Labute approximate surface area is 125 Å². The van der Waals surface area contributed by atoms with Crippen LogP contribution in [0.1, 0.15) is 24.8 Å². The summed E-state index contributed by atoms with van der Waals surface area (Å²) in [5, 5.41) is 3.06. The highest BCUT2D eigenvalue weighted by molar-refractivity contribution is 7.98. The lowest BCUT2D eigenvalue weighted by atomic mass is 9.68. The molecule has 0 saturated heterocycles. The maximum atomic E-state index is 12.2. The summed E-state index contributed by atoms with van der Waals surface area (Å²) >= 11 is 1.85. The summed E-state index contributed by atoms with van der Waals surface area (Å²) < 4.78 is 5.19. The molecule has 1 amide bonds. The molecule has 1 aliphatic rings. The van der Waals surface area contributed by atoms with Crippen molar-refractivity contribution in [2.24, 2.45) is 5.41 Å². The molecule has 1 fully saturated rings. The quantitative estimate of drug-likeness (QED) is 0.749. The van der Waals surface area contributed by atoms with Crippen LogP contribution in [0.3, 0.4) is 0 Å². The van der Waals surface area contributed by atoms with Crippen LogP contribution in [-0.2, 0) is 15.3 Å². The fourth-order valence-corrected chi connectivity index (χ4v) is 3.32. The van der Waals surface area contributed by atoms with E-state index >= 15 is 0 Å². The van der Waals surface area contributed by atoms with Crippen molar-refractivity contribution in [3.05, 3.63) is 35.9 Å². The number of hydrogen-bond donors (Lipinski definition) is 1. The average Bonchev–Trinajstić information content (AvgIpc) is 2.43. The van der Waals surface area contributed by atoms with Crippen LogP contribution >= 0.6 is 11.8 Å². The zero-order valence-corrected chi connectivity index (χ0v) is 12.9. The highest BCUT2D eigenvalue weighted by atomic mass is 32.2. The molecule has 0 aliphatic heterocycles. The van der Waals surface area contributed by atoms with E-state index in [0.717, 1.165) is 37.3 Å². The number of methoxy groups -OCH3 is 1. The largest absolute Gasteiger partial charge is 0.384 e. The molecule has 0 bridgehead atoms. The van der Waals surface area contributed by atoms with E-state index in [-0.39, 0.29) is 11.3 Å². The van der Waals surface area contributed by atoms with Gasteiger partial charge in [-0.25, -0.2) is 0 Å². The lowest BCUT2D eigenvalue weighted by Gasteiger charge is -2.39. The Balaban J connectivity index is 1.62. The molecule has 110 valence electrons. The van der Waals surface area contributed by atoms with Crippen molar-refractivity contribution in [1.29, 1.82) is 0 Å². The van der Waals surface area contributed by atoms with Gasteiger partial charge in [-0.3, -0.25) is 4.79 Å². The number of rotatable bonds is 8. The molecule has 0 spiro atoms. The van der Waals surface area contributed by atoms with Gasteiger partial charge in [0, 0.05) is 25.2 Å². The van der Waals surface area contributed by atoms with Gasteiger partial charge in [-0.1, -0.05) is 36.8 Å². The molecule has 3 nitrogen and oxygen atoms in total. The summed E-state index contributed by atoms with van der Waals surface area (Å²) in [6.07, 6.45) is 3.06. The predicted molar refractivity (Wildman–Crippen MR) is 83.8 cm³/mol. The van der Waals surface area contributed by atoms with Crippen LogP contribution < -0.4 is 5.32 Å². The Morgan fingerprint density at radius 3 is 2.70 bits per heavy atom. The van der Waals surface area contributed by atoms with E-state index in [1.165, 1.54) is 5.56 Å². The van der Waals surface area contributed by atoms with Crippen molar-refractivity contribution in [2.45, 2.75) is 25.0 Å². The number of nitrogens with one attached hydrogen (secondary N) is 1. The van der Waals surface area contributed by atoms with Crippen LogP contribution in [0.15, 0.2) is 30.3 Å². The minimum Gasteiger partial charge on any atom is -0.384 e. The van der Waals surface area contributed by atoms with Gasteiger partial charge < -0.3 is 10.1 Å². The third kappa shape index (κ3) is 4.00. The molecule has 0 unspecified atom stereocenters. The van der Waals surface area contributed by atoms with Crippen molar-refractivity contribution >= 4 is 17.7 Å². The fraction of sp³-hybridized carbons (Fsp3) is 0.562. The predicted octanol–water partition coefficient (Wildman–Crippen LogP) is 2.85. The molecule has 1 N–H and O–H groups in total. The fourth-order valence-electron chi connectivity index (χ4n) is 2.51. The molecule has 2 rings (SSSR count). The van der Waals surface area contributed by atoms with Crippen molar-refractivity contribution in [1.82, 2.24) is 5.32 Å². The van der Waals surface area contributed by atoms with Gasteiger partial charge in [-0.15, -0.1) is 0 Å². The van der Waals surface area contributed by atoms with Gasteiger partial charge in [0.2, 0.25) is 5.91 Å². The SMILES string of the molecule is COCC1(C(=O)NCCSCc2ccccc2)CCC1. The third-order valence-electron chi connectivity index (χ3n) is 3.86. The van der Waals surface area contributed by atoms with E-state index in [2.05, 4.69) is 29.6 Å². The van der Waals surface area contributed by atoms with Gasteiger partial charge in [0.25, 0.3) is 0 Å². The highest BCUT2D eigenvalue weighted by Crippen LogP contribution is 2.41. The number of hydrogen-bond acceptors (Lipinski definition) is 3. The zero-order valence-electron chi connectivity index (χ0n) is 12.1. The monoisotopic (exact) mass is 293 g/mol. The summed E-state index contributed by atoms with van der Waals surface area (Å²) in [6.45, 7) is 1.29. The Bertz CT molecular complexity index is 418. The topological polar surface area (TPSA) is 38.3 Å². The second-order valence-electron chi connectivity index (χ2n) is 5.36.